The van der Waals surface area contributed by atoms with E-state index in [-0.39, 0.29) is 17.4 Å². The van der Waals surface area contributed by atoms with Crippen LogP contribution in [0.2, 0.25) is 0 Å². The van der Waals surface area contributed by atoms with Crippen LogP contribution in [0.4, 0.5) is 0 Å². The summed E-state index contributed by atoms with van der Waals surface area (Å²) < 4.78 is 23.3. The zero-order valence-electron chi connectivity index (χ0n) is 12.7. The Bertz CT molecular complexity index is 463. The fourth-order valence-corrected chi connectivity index (χ4v) is 5.70. The Morgan fingerprint density at radius 2 is 2.00 bits per heavy atom. The first kappa shape index (κ1) is 14.7. The van der Waals surface area contributed by atoms with Crippen molar-refractivity contribution in [3.05, 3.63) is 0 Å². The van der Waals surface area contributed by atoms with Crippen molar-refractivity contribution in [3.8, 4) is 0 Å². The van der Waals surface area contributed by atoms with E-state index in [2.05, 4.69) is 20.8 Å². The lowest BCUT2D eigenvalue weighted by Gasteiger charge is -2.59. The molecule has 2 saturated carbocycles. The maximum absolute atomic E-state index is 12.5. The molecule has 0 aromatic carbocycles. The number of hydrogen-bond acceptors (Lipinski definition) is 4. The molecule has 0 N–H and O–H groups in total. The number of carbonyl (C=O) groups is 1. The summed E-state index contributed by atoms with van der Waals surface area (Å²) in [5.41, 5.74) is -0.877. The molecule has 2 aliphatic carbocycles. The molecule has 1 aliphatic heterocycles. The lowest BCUT2D eigenvalue weighted by molar-refractivity contribution is -0.193. The Morgan fingerprint density at radius 1 is 1.30 bits per heavy atom. The third kappa shape index (κ3) is 1.93. The molecule has 0 spiro atoms. The Balaban J connectivity index is 2.06. The highest BCUT2D eigenvalue weighted by Gasteiger charge is 2.64. The van der Waals surface area contributed by atoms with Crippen LogP contribution in [0, 0.1) is 23.2 Å². The second kappa shape index (κ2) is 4.62. The molecule has 114 valence electrons. The van der Waals surface area contributed by atoms with Crippen LogP contribution in [0.5, 0.6) is 0 Å². The first-order valence-electron chi connectivity index (χ1n) is 7.59. The second-order valence-electron chi connectivity index (χ2n) is 7.43. The SMILES string of the molecule is CC(C)[C@@H]1CC[C@@]2(C)C(=O)CC[C@]3(C)OS(=O)O[C@H]1[C@H]23. The molecule has 5 heteroatoms. The van der Waals surface area contributed by atoms with Crippen LogP contribution in [-0.2, 0) is 24.5 Å². The highest BCUT2D eigenvalue weighted by Crippen LogP contribution is 2.58. The number of carbonyl (C=O) groups excluding carboxylic acids is 1. The van der Waals surface area contributed by atoms with Crippen molar-refractivity contribution >= 4 is 17.1 Å². The first-order valence-corrected chi connectivity index (χ1v) is 8.59. The molecule has 4 nitrogen and oxygen atoms in total. The second-order valence-corrected chi connectivity index (χ2v) is 8.19. The molecular weight excluding hydrogens is 276 g/mol. The van der Waals surface area contributed by atoms with Crippen molar-refractivity contribution in [3.63, 3.8) is 0 Å². The van der Waals surface area contributed by atoms with Crippen LogP contribution in [0.15, 0.2) is 0 Å². The number of Topliss-reactive ketones (excluding diaryl/α,β-unsaturated/α-hetero) is 1. The molecule has 3 aliphatic rings. The van der Waals surface area contributed by atoms with Crippen LogP contribution in [0.3, 0.4) is 0 Å². The molecule has 0 amide bonds. The van der Waals surface area contributed by atoms with E-state index in [9.17, 15) is 9.00 Å². The van der Waals surface area contributed by atoms with Crippen molar-refractivity contribution in [1.82, 2.24) is 0 Å². The van der Waals surface area contributed by atoms with Gasteiger partial charge in [-0.25, -0.2) is 0 Å². The summed E-state index contributed by atoms with van der Waals surface area (Å²) in [4.78, 5) is 12.5. The summed E-state index contributed by atoms with van der Waals surface area (Å²) in [5, 5.41) is 0. The van der Waals surface area contributed by atoms with Gasteiger partial charge >= 0.3 is 11.4 Å². The van der Waals surface area contributed by atoms with E-state index < -0.39 is 17.0 Å². The molecule has 1 unspecified atom stereocenters. The highest BCUT2D eigenvalue weighted by atomic mass is 32.2. The summed E-state index contributed by atoms with van der Waals surface area (Å²) in [5.74, 6) is 1.16. The van der Waals surface area contributed by atoms with Crippen molar-refractivity contribution in [2.75, 3.05) is 0 Å². The smallest absolute Gasteiger partial charge is 0.299 e. The van der Waals surface area contributed by atoms with E-state index in [4.69, 9.17) is 8.37 Å². The third-order valence-corrected chi connectivity index (χ3v) is 6.78. The van der Waals surface area contributed by atoms with E-state index in [1.54, 1.807) is 0 Å². The van der Waals surface area contributed by atoms with Crippen LogP contribution in [-0.4, -0.2) is 21.7 Å². The van der Waals surface area contributed by atoms with Gasteiger partial charge in [-0.1, -0.05) is 20.8 Å². The maximum Gasteiger partial charge on any atom is 0.305 e. The van der Waals surface area contributed by atoms with Gasteiger partial charge in [-0.15, -0.1) is 0 Å². The van der Waals surface area contributed by atoms with E-state index >= 15 is 0 Å². The molecule has 1 heterocycles. The van der Waals surface area contributed by atoms with Gasteiger partial charge in [0.05, 0.1) is 11.7 Å². The average Bonchev–Trinajstić information content (AvgIpc) is 2.33. The van der Waals surface area contributed by atoms with Crippen molar-refractivity contribution in [1.29, 1.82) is 0 Å². The van der Waals surface area contributed by atoms with Crippen molar-refractivity contribution in [2.45, 2.75) is 65.1 Å². The summed E-state index contributed by atoms with van der Waals surface area (Å²) in [6.45, 7) is 8.43. The lowest BCUT2D eigenvalue weighted by atomic mass is 9.51. The third-order valence-electron chi connectivity index (χ3n) is 5.88. The molecule has 3 fully saturated rings. The minimum atomic E-state index is -1.69. The maximum atomic E-state index is 12.5. The van der Waals surface area contributed by atoms with Gasteiger partial charge in [0.1, 0.15) is 5.78 Å². The van der Waals surface area contributed by atoms with Gasteiger partial charge in [-0.3, -0.25) is 13.2 Å². The summed E-state index contributed by atoms with van der Waals surface area (Å²) >= 11 is -1.69. The quantitative estimate of drug-likeness (QED) is 0.747. The summed E-state index contributed by atoms with van der Waals surface area (Å²) in [6, 6.07) is 0. The summed E-state index contributed by atoms with van der Waals surface area (Å²) in [7, 11) is 0. The highest BCUT2D eigenvalue weighted by molar-refractivity contribution is 7.75. The van der Waals surface area contributed by atoms with E-state index in [1.807, 2.05) is 6.92 Å². The molecule has 6 atom stereocenters. The van der Waals surface area contributed by atoms with Gasteiger partial charge in [0, 0.05) is 17.8 Å². The Morgan fingerprint density at radius 3 is 2.65 bits per heavy atom. The number of ketones is 1. The minimum absolute atomic E-state index is 0.0232. The largest absolute Gasteiger partial charge is 0.305 e. The predicted octanol–water partition coefficient (Wildman–Crippen LogP) is 2.79. The monoisotopic (exact) mass is 300 g/mol. The van der Waals surface area contributed by atoms with Crippen molar-refractivity contribution < 1.29 is 17.4 Å². The number of rotatable bonds is 1. The Labute approximate surface area is 123 Å². The Hall–Kier alpha value is -0.260. The molecule has 0 aromatic rings. The summed E-state index contributed by atoms with van der Waals surface area (Å²) in [6.07, 6.45) is 2.92. The predicted molar refractivity (Wildman–Crippen MR) is 75.9 cm³/mol. The van der Waals surface area contributed by atoms with Crippen molar-refractivity contribution in [2.24, 2.45) is 23.2 Å². The van der Waals surface area contributed by atoms with Crippen LogP contribution in [0.1, 0.15) is 53.4 Å². The molecule has 0 bridgehead atoms. The fraction of sp³-hybridized carbons (Fsp3) is 0.933. The molecule has 3 rings (SSSR count). The molecule has 1 saturated heterocycles. The van der Waals surface area contributed by atoms with E-state index in [1.165, 1.54) is 0 Å². The molecule has 0 aromatic heterocycles. The minimum Gasteiger partial charge on any atom is -0.299 e. The molecule has 0 radical (unpaired) electrons. The number of hydrogen-bond donors (Lipinski definition) is 0. The van der Waals surface area contributed by atoms with Gasteiger partial charge in [0.15, 0.2) is 0 Å². The standard InChI is InChI=1S/C15H24O4S/c1-9(2)10-5-7-14(3)11(16)6-8-15(4)13(14)12(10)18-20(17)19-15/h9-10,12-13H,5-8H2,1-4H3/t10-,12+,13+,14-,15-,20?/m0/s1. The molecular formula is C15H24O4S. The normalized spacial score (nSPS) is 52.0. The van der Waals surface area contributed by atoms with Crippen LogP contribution < -0.4 is 0 Å². The van der Waals surface area contributed by atoms with Crippen LogP contribution >= 0.6 is 0 Å². The van der Waals surface area contributed by atoms with Gasteiger partial charge in [-0.05, 0) is 38.0 Å². The zero-order chi connectivity index (χ0) is 14.7. The average molecular weight is 300 g/mol. The zero-order valence-corrected chi connectivity index (χ0v) is 13.5. The first-order chi connectivity index (χ1) is 9.28. The van der Waals surface area contributed by atoms with E-state index in [0.717, 1.165) is 12.8 Å². The lowest BCUT2D eigenvalue weighted by Crippen LogP contribution is -2.66. The van der Waals surface area contributed by atoms with Gasteiger partial charge in [0.2, 0.25) is 0 Å². The van der Waals surface area contributed by atoms with Gasteiger partial charge in [0.25, 0.3) is 0 Å². The van der Waals surface area contributed by atoms with Crippen LogP contribution in [0.25, 0.3) is 0 Å². The fourth-order valence-electron chi connectivity index (χ4n) is 4.73. The molecule has 20 heavy (non-hydrogen) atoms. The van der Waals surface area contributed by atoms with Gasteiger partial charge < -0.3 is 0 Å². The Kier molecular flexibility index (Phi) is 3.39. The topological polar surface area (TPSA) is 52.6 Å². The van der Waals surface area contributed by atoms with Gasteiger partial charge in [-0.2, -0.15) is 4.21 Å². The van der Waals surface area contributed by atoms with E-state index in [0.29, 0.717) is 30.5 Å².